The Kier molecular flexibility index (Phi) is 9.76. The average molecular weight is 494 g/mol. The molecule has 1 aliphatic heterocycles. The van der Waals surface area contributed by atoms with Crippen LogP contribution in [0, 0.1) is 10.1 Å². The van der Waals surface area contributed by atoms with Gasteiger partial charge in [0.1, 0.15) is 5.76 Å². The summed E-state index contributed by atoms with van der Waals surface area (Å²) in [5, 5.41) is 22.1. The Hall–Kier alpha value is -3.52. The molecule has 2 aromatic rings. The number of aliphatic hydroxyl groups excluding tert-OH is 1. The minimum absolute atomic E-state index is 0.00822. The Morgan fingerprint density at radius 2 is 1.53 bits per heavy atom. The zero-order valence-corrected chi connectivity index (χ0v) is 21.1. The largest absolute Gasteiger partial charge is 0.507 e. The van der Waals surface area contributed by atoms with Crippen molar-refractivity contribution in [2.75, 3.05) is 26.2 Å². The summed E-state index contributed by atoms with van der Waals surface area (Å²) in [7, 11) is 0. The number of carbonyl (C=O) groups excluding carboxylic acids is 2. The molecule has 1 atom stereocenters. The number of benzene rings is 2. The minimum atomic E-state index is -0.742. The molecule has 1 aliphatic rings. The highest BCUT2D eigenvalue weighted by atomic mass is 16.6. The van der Waals surface area contributed by atoms with Crippen molar-refractivity contribution in [3.05, 3.63) is 81.4 Å². The first-order valence-corrected chi connectivity index (χ1v) is 12.7. The van der Waals surface area contributed by atoms with Crippen molar-refractivity contribution in [1.82, 2.24) is 9.80 Å². The Morgan fingerprint density at radius 1 is 0.944 bits per heavy atom. The van der Waals surface area contributed by atoms with Crippen LogP contribution in [0.1, 0.15) is 63.1 Å². The third-order valence-electron chi connectivity index (χ3n) is 6.54. The molecule has 0 bridgehead atoms. The van der Waals surface area contributed by atoms with E-state index in [2.05, 4.69) is 18.7 Å². The lowest BCUT2D eigenvalue weighted by Crippen LogP contribution is -2.34. The molecule has 1 N–H and O–H groups in total. The van der Waals surface area contributed by atoms with E-state index in [9.17, 15) is 24.8 Å². The summed E-state index contributed by atoms with van der Waals surface area (Å²) < 4.78 is 0. The van der Waals surface area contributed by atoms with E-state index in [1.165, 1.54) is 24.3 Å². The van der Waals surface area contributed by atoms with Crippen LogP contribution in [0.4, 0.5) is 5.69 Å². The van der Waals surface area contributed by atoms with Gasteiger partial charge in [-0.2, -0.15) is 0 Å². The zero-order chi connectivity index (χ0) is 26.1. The van der Waals surface area contributed by atoms with Gasteiger partial charge in [-0.15, -0.1) is 0 Å². The molecule has 0 unspecified atom stereocenters. The predicted octanol–water partition coefficient (Wildman–Crippen LogP) is 5.31. The SMILES string of the molecule is CCCCN(CCCC)CCCN1C(=O)C(=O)C(=C(O)c2ccc([N+](=O)[O-])cc2)[C@H]1c1ccccc1. The molecular formula is C28H35N3O5. The monoisotopic (exact) mass is 493 g/mol. The number of ketones is 1. The number of hydrogen-bond donors (Lipinski definition) is 1. The van der Waals surface area contributed by atoms with Crippen molar-refractivity contribution in [2.45, 2.75) is 52.0 Å². The maximum absolute atomic E-state index is 13.1. The summed E-state index contributed by atoms with van der Waals surface area (Å²) >= 11 is 0. The fourth-order valence-electron chi connectivity index (χ4n) is 4.55. The molecule has 8 heteroatoms. The van der Waals surface area contributed by atoms with Crippen LogP contribution in [0.3, 0.4) is 0 Å². The summed E-state index contributed by atoms with van der Waals surface area (Å²) in [6.07, 6.45) is 5.18. The maximum Gasteiger partial charge on any atom is 0.295 e. The van der Waals surface area contributed by atoms with Gasteiger partial charge >= 0.3 is 0 Å². The predicted molar refractivity (Wildman–Crippen MR) is 139 cm³/mol. The van der Waals surface area contributed by atoms with Crippen molar-refractivity contribution >= 4 is 23.1 Å². The number of rotatable bonds is 13. The molecule has 1 fully saturated rings. The minimum Gasteiger partial charge on any atom is -0.507 e. The van der Waals surface area contributed by atoms with Crippen LogP contribution in [0.25, 0.3) is 5.76 Å². The van der Waals surface area contributed by atoms with Crippen molar-refractivity contribution in [3.8, 4) is 0 Å². The van der Waals surface area contributed by atoms with E-state index in [1.807, 2.05) is 30.3 Å². The number of carbonyl (C=O) groups is 2. The lowest BCUT2D eigenvalue weighted by atomic mass is 9.95. The molecule has 0 saturated carbocycles. The number of aliphatic hydroxyl groups is 1. The second kappa shape index (κ2) is 13.0. The fourth-order valence-corrected chi connectivity index (χ4v) is 4.55. The van der Waals surface area contributed by atoms with Gasteiger partial charge in [0.2, 0.25) is 0 Å². The fraction of sp³-hybridized carbons (Fsp3) is 0.429. The highest BCUT2D eigenvalue weighted by Gasteiger charge is 2.45. The molecule has 0 aliphatic carbocycles. The molecule has 36 heavy (non-hydrogen) atoms. The smallest absolute Gasteiger partial charge is 0.295 e. The van der Waals surface area contributed by atoms with Gasteiger partial charge in [0.05, 0.1) is 16.5 Å². The third kappa shape index (κ3) is 6.37. The number of hydrogen-bond acceptors (Lipinski definition) is 6. The van der Waals surface area contributed by atoms with Crippen LogP contribution in [0.2, 0.25) is 0 Å². The normalized spacial score (nSPS) is 17.2. The summed E-state index contributed by atoms with van der Waals surface area (Å²) in [5.41, 5.74) is 0.870. The third-order valence-corrected chi connectivity index (χ3v) is 6.54. The first-order valence-electron chi connectivity index (χ1n) is 12.7. The Labute approximate surface area is 212 Å². The molecule has 1 heterocycles. The zero-order valence-electron chi connectivity index (χ0n) is 21.1. The van der Waals surface area contributed by atoms with Gasteiger partial charge in [0, 0.05) is 24.2 Å². The molecule has 1 saturated heterocycles. The van der Waals surface area contributed by atoms with Crippen LogP contribution in [0.5, 0.6) is 0 Å². The number of nitro benzene ring substituents is 1. The standard InChI is InChI=1S/C28H35N3O5/c1-3-5-17-29(18-6-4-2)19-10-20-30-25(21-11-8-7-9-12-21)24(27(33)28(30)34)26(32)22-13-15-23(16-14-22)31(35)36/h7-9,11-16,25,32H,3-6,10,17-20H2,1-2H3/t25-/m1/s1. The highest BCUT2D eigenvalue weighted by molar-refractivity contribution is 6.46. The van der Waals surface area contributed by atoms with E-state index in [1.54, 1.807) is 4.90 Å². The van der Waals surface area contributed by atoms with Crippen LogP contribution in [-0.4, -0.2) is 57.7 Å². The van der Waals surface area contributed by atoms with Crippen molar-refractivity contribution in [1.29, 1.82) is 0 Å². The van der Waals surface area contributed by atoms with Gasteiger partial charge in [-0.05, 0) is 56.6 Å². The average Bonchev–Trinajstić information content (AvgIpc) is 3.15. The number of likely N-dealkylation sites (tertiary alicyclic amines) is 1. The van der Waals surface area contributed by atoms with Crippen LogP contribution in [-0.2, 0) is 9.59 Å². The molecule has 3 rings (SSSR count). The van der Waals surface area contributed by atoms with E-state index in [0.717, 1.165) is 50.9 Å². The number of nitro groups is 1. The van der Waals surface area contributed by atoms with Crippen molar-refractivity contribution in [3.63, 3.8) is 0 Å². The van der Waals surface area contributed by atoms with Crippen LogP contribution >= 0.6 is 0 Å². The van der Waals surface area contributed by atoms with E-state index in [0.29, 0.717) is 13.0 Å². The molecule has 8 nitrogen and oxygen atoms in total. The second-order valence-corrected chi connectivity index (χ2v) is 9.11. The molecule has 192 valence electrons. The van der Waals surface area contributed by atoms with Gasteiger partial charge in [-0.25, -0.2) is 0 Å². The van der Waals surface area contributed by atoms with Gasteiger partial charge in [0.25, 0.3) is 17.4 Å². The first kappa shape index (κ1) is 27.1. The topological polar surface area (TPSA) is 104 Å². The number of unbranched alkanes of at least 4 members (excludes halogenated alkanes) is 2. The van der Waals surface area contributed by atoms with Gasteiger partial charge in [-0.1, -0.05) is 57.0 Å². The summed E-state index contributed by atoms with van der Waals surface area (Å²) in [6.45, 7) is 7.57. The van der Waals surface area contributed by atoms with Gasteiger partial charge in [-0.3, -0.25) is 19.7 Å². The number of nitrogens with zero attached hydrogens (tertiary/aromatic N) is 3. The molecule has 2 aromatic carbocycles. The first-order chi connectivity index (χ1) is 17.4. The quantitative estimate of drug-likeness (QED) is 0.133. The van der Waals surface area contributed by atoms with Crippen LogP contribution < -0.4 is 0 Å². The Balaban J connectivity index is 1.89. The van der Waals surface area contributed by atoms with Crippen molar-refractivity contribution < 1.29 is 19.6 Å². The molecule has 0 radical (unpaired) electrons. The lowest BCUT2D eigenvalue weighted by Gasteiger charge is -2.27. The maximum atomic E-state index is 13.1. The molecule has 1 amide bonds. The Bertz CT molecular complexity index is 1070. The van der Waals surface area contributed by atoms with E-state index >= 15 is 0 Å². The van der Waals surface area contributed by atoms with E-state index in [-0.39, 0.29) is 22.6 Å². The molecule has 0 aromatic heterocycles. The number of non-ortho nitro benzene ring substituents is 1. The van der Waals surface area contributed by atoms with Crippen LogP contribution in [0.15, 0.2) is 60.2 Å². The van der Waals surface area contributed by atoms with Gasteiger partial charge < -0.3 is 14.9 Å². The number of amides is 1. The molecule has 0 spiro atoms. The summed E-state index contributed by atoms with van der Waals surface area (Å²) in [5.74, 6) is -1.71. The summed E-state index contributed by atoms with van der Waals surface area (Å²) in [4.78, 5) is 40.7. The Morgan fingerprint density at radius 3 is 2.08 bits per heavy atom. The van der Waals surface area contributed by atoms with E-state index < -0.39 is 22.7 Å². The second-order valence-electron chi connectivity index (χ2n) is 9.11. The number of Topliss-reactive ketones (excluding diaryl/α,β-unsaturated/α-hetero) is 1. The molecular weight excluding hydrogens is 458 g/mol. The van der Waals surface area contributed by atoms with Gasteiger partial charge in [0.15, 0.2) is 0 Å². The summed E-state index contributed by atoms with van der Waals surface area (Å²) in [6, 6.07) is 13.8. The van der Waals surface area contributed by atoms with E-state index in [4.69, 9.17) is 0 Å². The highest BCUT2D eigenvalue weighted by Crippen LogP contribution is 2.39. The lowest BCUT2D eigenvalue weighted by molar-refractivity contribution is -0.384. The van der Waals surface area contributed by atoms with Crippen molar-refractivity contribution in [2.24, 2.45) is 0 Å².